The molecule has 0 radical (unpaired) electrons. The molecule has 7 heteroatoms. The van der Waals surface area contributed by atoms with Crippen LogP contribution in [0.1, 0.15) is 38.3 Å². The number of hydrogen-bond acceptors (Lipinski definition) is 6. The predicted molar refractivity (Wildman–Crippen MR) is 110 cm³/mol. The van der Waals surface area contributed by atoms with Gasteiger partial charge in [0.25, 0.3) is 5.89 Å². The summed E-state index contributed by atoms with van der Waals surface area (Å²) in [7, 11) is 0. The number of halogens is 1. The molecule has 0 spiro atoms. The standard InChI is InChI=1S/C22H20ClN3O3/c1-13(2)28-19-10-9-16(11-17(19)12-24)22-25-21(26-29-22)18-6-4-5-15(20(18)23)8-7-14(3)27/h4-6,9-11,13H,7-8H2,1-3H3. The first-order chi connectivity index (χ1) is 13.9. The predicted octanol–water partition coefficient (Wildman–Crippen LogP) is 5.24. The molecule has 148 valence electrons. The molecule has 1 heterocycles. The van der Waals surface area contributed by atoms with E-state index >= 15 is 0 Å². The molecule has 0 aliphatic rings. The van der Waals surface area contributed by atoms with Gasteiger partial charge in [0.15, 0.2) is 0 Å². The lowest BCUT2D eigenvalue weighted by atomic mass is 10.0. The number of aromatic nitrogens is 2. The zero-order valence-corrected chi connectivity index (χ0v) is 17.2. The van der Waals surface area contributed by atoms with Gasteiger partial charge in [0.1, 0.15) is 17.6 Å². The maximum atomic E-state index is 11.3. The Morgan fingerprint density at radius 3 is 2.79 bits per heavy atom. The highest BCUT2D eigenvalue weighted by Crippen LogP contribution is 2.32. The number of nitrogens with zero attached hydrogens (tertiary/aromatic N) is 3. The summed E-state index contributed by atoms with van der Waals surface area (Å²) in [5.74, 6) is 1.23. The molecule has 0 amide bonds. The third-order valence-corrected chi connectivity index (χ3v) is 4.65. The van der Waals surface area contributed by atoms with Crippen molar-refractivity contribution in [3.8, 4) is 34.7 Å². The minimum atomic E-state index is -0.0413. The first-order valence-electron chi connectivity index (χ1n) is 9.21. The van der Waals surface area contributed by atoms with E-state index in [0.29, 0.717) is 46.1 Å². The van der Waals surface area contributed by atoms with Crippen LogP contribution in [0, 0.1) is 11.3 Å². The van der Waals surface area contributed by atoms with Gasteiger partial charge < -0.3 is 14.1 Å². The summed E-state index contributed by atoms with van der Waals surface area (Å²) >= 11 is 6.51. The molecular weight excluding hydrogens is 390 g/mol. The molecule has 1 aromatic heterocycles. The van der Waals surface area contributed by atoms with Crippen molar-refractivity contribution in [1.82, 2.24) is 10.1 Å². The van der Waals surface area contributed by atoms with Crippen molar-refractivity contribution in [2.24, 2.45) is 0 Å². The fourth-order valence-electron chi connectivity index (χ4n) is 2.81. The molecule has 3 aromatic rings. The van der Waals surface area contributed by atoms with Crippen LogP contribution in [-0.4, -0.2) is 22.0 Å². The number of ketones is 1. The molecule has 29 heavy (non-hydrogen) atoms. The number of benzene rings is 2. The Labute approximate surface area is 174 Å². The van der Waals surface area contributed by atoms with Gasteiger partial charge in [-0.25, -0.2) is 0 Å². The number of carbonyl (C=O) groups excluding carboxylic acids is 1. The summed E-state index contributed by atoms with van der Waals surface area (Å²) in [6.45, 7) is 5.34. The first kappa shape index (κ1) is 20.6. The van der Waals surface area contributed by atoms with E-state index in [-0.39, 0.29) is 17.8 Å². The third-order valence-electron chi connectivity index (χ3n) is 4.20. The van der Waals surface area contributed by atoms with E-state index in [0.717, 1.165) is 5.56 Å². The van der Waals surface area contributed by atoms with Gasteiger partial charge in [-0.3, -0.25) is 0 Å². The molecule has 3 rings (SSSR count). The van der Waals surface area contributed by atoms with Gasteiger partial charge >= 0.3 is 0 Å². The normalized spacial score (nSPS) is 10.8. The Bertz CT molecular complexity index is 1080. The number of rotatable bonds is 7. The van der Waals surface area contributed by atoms with Crippen LogP contribution in [0.25, 0.3) is 22.8 Å². The summed E-state index contributed by atoms with van der Waals surface area (Å²) in [5.41, 5.74) is 2.48. The monoisotopic (exact) mass is 409 g/mol. The van der Waals surface area contributed by atoms with E-state index in [4.69, 9.17) is 20.9 Å². The molecule has 0 bridgehead atoms. The Kier molecular flexibility index (Phi) is 6.30. The lowest BCUT2D eigenvalue weighted by Crippen LogP contribution is -2.06. The SMILES string of the molecule is CC(=O)CCc1cccc(-c2noc(-c3ccc(OC(C)C)c(C#N)c3)n2)c1Cl. The topological polar surface area (TPSA) is 89.0 Å². The Hall–Kier alpha value is -3.17. The maximum Gasteiger partial charge on any atom is 0.258 e. The molecule has 0 atom stereocenters. The highest BCUT2D eigenvalue weighted by atomic mass is 35.5. The zero-order valence-electron chi connectivity index (χ0n) is 16.4. The van der Waals surface area contributed by atoms with Crippen LogP contribution in [-0.2, 0) is 11.2 Å². The van der Waals surface area contributed by atoms with Gasteiger partial charge in [-0.2, -0.15) is 10.2 Å². The van der Waals surface area contributed by atoms with E-state index in [9.17, 15) is 10.1 Å². The smallest absolute Gasteiger partial charge is 0.258 e. The molecule has 0 aliphatic heterocycles. The molecule has 2 aromatic carbocycles. The van der Waals surface area contributed by atoms with Gasteiger partial charge in [0, 0.05) is 17.5 Å². The summed E-state index contributed by atoms with van der Waals surface area (Å²) in [5, 5.41) is 13.9. The molecule has 0 N–H and O–H groups in total. The highest BCUT2D eigenvalue weighted by Gasteiger charge is 2.17. The minimum absolute atomic E-state index is 0.0413. The van der Waals surface area contributed by atoms with Gasteiger partial charge in [0.2, 0.25) is 5.82 Å². The number of nitriles is 1. The van der Waals surface area contributed by atoms with Crippen molar-refractivity contribution < 1.29 is 14.1 Å². The van der Waals surface area contributed by atoms with E-state index in [2.05, 4.69) is 16.2 Å². The quantitative estimate of drug-likeness (QED) is 0.530. The molecule has 0 aliphatic carbocycles. The number of ether oxygens (including phenoxy) is 1. The Morgan fingerprint density at radius 2 is 2.10 bits per heavy atom. The summed E-state index contributed by atoms with van der Waals surface area (Å²) in [6.07, 6.45) is 0.929. The third kappa shape index (κ3) is 4.82. The van der Waals surface area contributed by atoms with Gasteiger partial charge in [-0.15, -0.1) is 0 Å². The number of Topliss-reactive ketones (excluding diaryl/α,β-unsaturated/α-hetero) is 1. The van der Waals surface area contributed by atoms with E-state index in [1.807, 2.05) is 26.0 Å². The van der Waals surface area contributed by atoms with E-state index < -0.39 is 0 Å². The summed E-state index contributed by atoms with van der Waals surface area (Å²) in [6, 6.07) is 12.8. The van der Waals surface area contributed by atoms with Crippen molar-refractivity contribution in [3.63, 3.8) is 0 Å². The van der Waals surface area contributed by atoms with Crippen LogP contribution in [0.15, 0.2) is 40.9 Å². The zero-order chi connectivity index (χ0) is 21.0. The van der Waals surface area contributed by atoms with Crippen molar-refractivity contribution in [2.75, 3.05) is 0 Å². The van der Waals surface area contributed by atoms with E-state index in [1.165, 1.54) is 0 Å². The minimum Gasteiger partial charge on any atom is -0.490 e. The van der Waals surface area contributed by atoms with Crippen molar-refractivity contribution in [2.45, 2.75) is 39.7 Å². The Morgan fingerprint density at radius 1 is 1.31 bits per heavy atom. The lowest BCUT2D eigenvalue weighted by Gasteiger charge is -2.11. The molecule has 0 saturated carbocycles. The summed E-state index contributed by atoms with van der Waals surface area (Å²) < 4.78 is 11.0. The van der Waals surface area contributed by atoms with E-state index in [1.54, 1.807) is 31.2 Å². The number of hydrogen-bond donors (Lipinski definition) is 0. The number of aryl methyl sites for hydroxylation is 1. The fraction of sp³-hybridized carbons (Fsp3) is 0.273. The van der Waals surface area contributed by atoms with Crippen molar-refractivity contribution in [3.05, 3.63) is 52.5 Å². The second-order valence-electron chi connectivity index (χ2n) is 6.89. The first-order valence-corrected chi connectivity index (χ1v) is 9.59. The lowest BCUT2D eigenvalue weighted by molar-refractivity contribution is -0.116. The number of carbonyl (C=O) groups is 1. The van der Waals surface area contributed by atoms with Crippen LogP contribution >= 0.6 is 11.6 Å². The van der Waals surface area contributed by atoms with Crippen molar-refractivity contribution >= 4 is 17.4 Å². The molecule has 0 unspecified atom stereocenters. The maximum absolute atomic E-state index is 11.3. The molecule has 0 fully saturated rings. The van der Waals surface area contributed by atoms with Crippen LogP contribution in [0.2, 0.25) is 5.02 Å². The second-order valence-corrected chi connectivity index (χ2v) is 7.27. The van der Waals surface area contributed by atoms with Gasteiger partial charge in [-0.05, 0) is 57.0 Å². The van der Waals surface area contributed by atoms with Crippen LogP contribution < -0.4 is 4.74 Å². The highest BCUT2D eigenvalue weighted by molar-refractivity contribution is 6.34. The van der Waals surface area contributed by atoms with Gasteiger partial charge in [-0.1, -0.05) is 28.9 Å². The van der Waals surface area contributed by atoms with Crippen LogP contribution in [0.3, 0.4) is 0 Å². The fourth-order valence-corrected chi connectivity index (χ4v) is 3.12. The van der Waals surface area contributed by atoms with Crippen molar-refractivity contribution in [1.29, 1.82) is 5.26 Å². The average Bonchev–Trinajstić information content (AvgIpc) is 3.17. The molecule has 6 nitrogen and oxygen atoms in total. The molecule has 0 saturated heterocycles. The van der Waals surface area contributed by atoms with Crippen LogP contribution in [0.4, 0.5) is 0 Å². The summed E-state index contributed by atoms with van der Waals surface area (Å²) in [4.78, 5) is 15.7. The van der Waals surface area contributed by atoms with Crippen LogP contribution in [0.5, 0.6) is 5.75 Å². The second kappa shape index (κ2) is 8.89. The molecular formula is C22H20ClN3O3. The van der Waals surface area contributed by atoms with Gasteiger partial charge in [0.05, 0.1) is 16.7 Å². The average molecular weight is 410 g/mol. The Balaban J connectivity index is 1.91. The largest absolute Gasteiger partial charge is 0.490 e.